The summed E-state index contributed by atoms with van der Waals surface area (Å²) in [6, 6.07) is 3.93. The molecule has 0 saturated heterocycles. The van der Waals surface area contributed by atoms with E-state index >= 15 is 0 Å². The standard InChI is InChI=1S/C16H24BrN3O/c1-4-7-8-20(6-3)14-10-13-11(9-12(14)17)15(18-5-2)16(21)19-13/h9-10,15,18H,4-8H2,1-3H3,(H,19,21). The van der Waals surface area contributed by atoms with Crippen LogP contribution in [0.3, 0.4) is 0 Å². The van der Waals surface area contributed by atoms with E-state index in [1.54, 1.807) is 0 Å². The first-order valence-electron chi connectivity index (χ1n) is 7.74. The Morgan fingerprint density at radius 1 is 1.33 bits per heavy atom. The monoisotopic (exact) mass is 353 g/mol. The van der Waals surface area contributed by atoms with Gasteiger partial charge in [-0.3, -0.25) is 4.79 Å². The van der Waals surface area contributed by atoms with Crippen LogP contribution < -0.4 is 15.5 Å². The van der Waals surface area contributed by atoms with Crippen LogP contribution in [0.2, 0.25) is 0 Å². The van der Waals surface area contributed by atoms with Crippen LogP contribution in [0.15, 0.2) is 16.6 Å². The molecule has 116 valence electrons. The summed E-state index contributed by atoms with van der Waals surface area (Å²) in [6.45, 7) is 9.14. The number of unbranched alkanes of at least 4 members (excludes halogenated alkanes) is 1. The Bertz CT molecular complexity index is 518. The quantitative estimate of drug-likeness (QED) is 0.785. The highest BCUT2D eigenvalue weighted by atomic mass is 79.9. The molecule has 4 nitrogen and oxygen atoms in total. The lowest BCUT2D eigenvalue weighted by molar-refractivity contribution is -0.117. The number of carbonyl (C=O) groups excluding carboxylic acids is 1. The number of nitrogens with one attached hydrogen (secondary N) is 2. The molecule has 1 atom stereocenters. The third kappa shape index (κ3) is 3.40. The number of hydrogen-bond donors (Lipinski definition) is 2. The summed E-state index contributed by atoms with van der Waals surface area (Å²) in [7, 11) is 0. The summed E-state index contributed by atoms with van der Waals surface area (Å²) < 4.78 is 1.05. The number of nitrogens with zero attached hydrogens (tertiary/aromatic N) is 1. The number of fused-ring (bicyclic) bond motifs is 1. The Morgan fingerprint density at radius 2 is 2.10 bits per heavy atom. The molecule has 1 heterocycles. The van der Waals surface area contributed by atoms with E-state index in [0.717, 1.165) is 41.0 Å². The zero-order valence-electron chi connectivity index (χ0n) is 13.0. The summed E-state index contributed by atoms with van der Waals surface area (Å²) in [5.41, 5.74) is 3.12. The lowest BCUT2D eigenvalue weighted by Crippen LogP contribution is -2.27. The van der Waals surface area contributed by atoms with Gasteiger partial charge in [0.25, 0.3) is 0 Å². The average molecular weight is 354 g/mol. The van der Waals surface area contributed by atoms with Gasteiger partial charge >= 0.3 is 0 Å². The van der Waals surface area contributed by atoms with Crippen LogP contribution in [0.4, 0.5) is 11.4 Å². The number of rotatable bonds is 7. The number of hydrogen-bond acceptors (Lipinski definition) is 3. The van der Waals surface area contributed by atoms with Crippen LogP contribution in [-0.2, 0) is 4.79 Å². The molecule has 1 aliphatic heterocycles. The van der Waals surface area contributed by atoms with Crippen molar-refractivity contribution in [1.29, 1.82) is 0 Å². The molecule has 2 rings (SSSR count). The first-order valence-corrected chi connectivity index (χ1v) is 8.54. The SMILES string of the molecule is CCCCN(CC)c1cc2c(cc1Br)C(NCC)C(=O)N2. The Balaban J connectivity index is 2.31. The van der Waals surface area contributed by atoms with Crippen molar-refractivity contribution in [1.82, 2.24) is 5.32 Å². The van der Waals surface area contributed by atoms with Gasteiger partial charge in [0.2, 0.25) is 5.91 Å². The minimum Gasteiger partial charge on any atom is -0.371 e. The van der Waals surface area contributed by atoms with E-state index in [-0.39, 0.29) is 11.9 Å². The van der Waals surface area contributed by atoms with E-state index in [1.165, 1.54) is 12.8 Å². The third-order valence-corrected chi connectivity index (χ3v) is 4.50. The third-order valence-electron chi connectivity index (χ3n) is 3.86. The molecule has 1 aromatic rings. The number of halogens is 1. The molecule has 21 heavy (non-hydrogen) atoms. The molecule has 5 heteroatoms. The van der Waals surface area contributed by atoms with Gasteiger partial charge in [-0.15, -0.1) is 0 Å². The van der Waals surface area contributed by atoms with Crippen molar-refractivity contribution in [3.8, 4) is 0 Å². The van der Waals surface area contributed by atoms with Gasteiger partial charge in [-0.05, 0) is 48.0 Å². The molecule has 1 unspecified atom stereocenters. The summed E-state index contributed by atoms with van der Waals surface area (Å²) >= 11 is 3.67. The van der Waals surface area contributed by atoms with Crippen molar-refractivity contribution < 1.29 is 4.79 Å². The fraction of sp³-hybridized carbons (Fsp3) is 0.562. The molecule has 2 N–H and O–H groups in total. The second kappa shape index (κ2) is 7.27. The molecule has 0 aromatic heterocycles. The molecule has 0 saturated carbocycles. The molecule has 0 fully saturated rings. The summed E-state index contributed by atoms with van der Waals surface area (Å²) in [4.78, 5) is 14.4. The lowest BCUT2D eigenvalue weighted by Gasteiger charge is -2.25. The Labute approximate surface area is 135 Å². The molecule has 0 aliphatic carbocycles. The van der Waals surface area contributed by atoms with Crippen molar-refractivity contribution in [2.24, 2.45) is 0 Å². The second-order valence-corrected chi connectivity index (χ2v) is 6.16. The van der Waals surface area contributed by atoms with Crippen molar-refractivity contribution >= 4 is 33.2 Å². The number of carbonyl (C=O) groups is 1. The minimum absolute atomic E-state index is 0.0347. The average Bonchev–Trinajstić information content (AvgIpc) is 2.76. The van der Waals surface area contributed by atoms with Gasteiger partial charge in [-0.25, -0.2) is 0 Å². The van der Waals surface area contributed by atoms with E-state index < -0.39 is 0 Å². The summed E-state index contributed by atoms with van der Waals surface area (Å²) in [5.74, 6) is 0.0347. The Kier molecular flexibility index (Phi) is 5.65. The van der Waals surface area contributed by atoms with Gasteiger partial charge in [0, 0.05) is 28.8 Å². The summed E-state index contributed by atoms with van der Waals surface area (Å²) in [5, 5.41) is 6.21. The minimum atomic E-state index is -0.235. The zero-order valence-corrected chi connectivity index (χ0v) is 14.6. The van der Waals surface area contributed by atoms with Gasteiger partial charge in [0.15, 0.2) is 0 Å². The van der Waals surface area contributed by atoms with Crippen molar-refractivity contribution in [3.63, 3.8) is 0 Å². The van der Waals surface area contributed by atoms with Gasteiger partial charge in [0.05, 0.1) is 5.69 Å². The Morgan fingerprint density at radius 3 is 2.71 bits per heavy atom. The normalized spacial score (nSPS) is 16.8. The van der Waals surface area contributed by atoms with Gasteiger partial charge < -0.3 is 15.5 Å². The molecule has 0 spiro atoms. The highest BCUT2D eigenvalue weighted by Gasteiger charge is 2.31. The lowest BCUT2D eigenvalue weighted by atomic mass is 10.1. The molecule has 1 aromatic carbocycles. The van der Waals surface area contributed by atoms with E-state index in [9.17, 15) is 4.79 Å². The van der Waals surface area contributed by atoms with Gasteiger partial charge in [0.1, 0.15) is 6.04 Å². The maximum atomic E-state index is 12.1. The number of anilines is 2. The summed E-state index contributed by atoms with van der Waals surface area (Å²) in [6.07, 6.45) is 2.35. The molecular weight excluding hydrogens is 330 g/mol. The molecule has 1 amide bonds. The van der Waals surface area contributed by atoms with Gasteiger partial charge in [-0.2, -0.15) is 0 Å². The fourth-order valence-corrected chi connectivity index (χ4v) is 3.33. The highest BCUT2D eigenvalue weighted by Crippen LogP contribution is 2.39. The van der Waals surface area contributed by atoms with Crippen molar-refractivity contribution in [2.75, 3.05) is 29.9 Å². The zero-order chi connectivity index (χ0) is 15.4. The van der Waals surface area contributed by atoms with E-state index in [2.05, 4.69) is 57.4 Å². The molecular formula is C16H24BrN3O. The van der Waals surface area contributed by atoms with Crippen LogP contribution in [-0.4, -0.2) is 25.5 Å². The predicted molar refractivity (Wildman–Crippen MR) is 92.0 cm³/mol. The fourth-order valence-electron chi connectivity index (χ4n) is 2.72. The Hall–Kier alpha value is -1.07. The van der Waals surface area contributed by atoms with Crippen molar-refractivity contribution in [2.45, 2.75) is 39.7 Å². The molecule has 0 radical (unpaired) electrons. The number of benzene rings is 1. The molecule has 1 aliphatic rings. The molecule has 0 bridgehead atoms. The first-order chi connectivity index (χ1) is 10.1. The number of amides is 1. The van der Waals surface area contributed by atoms with E-state index in [0.29, 0.717) is 0 Å². The maximum Gasteiger partial charge on any atom is 0.246 e. The van der Waals surface area contributed by atoms with Crippen LogP contribution in [0.5, 0.6) is 0 Å². The smallest absolute Gasteiger partial charge is 0.246 e. The van der Waals surface area contributed by atoms with Gasteiger partial charge in [-0.1, -0.05) is 20.3 Å². The highest BCUT2D eigenvalue weighted by molar-refractivity contribution is 9.10. The van der Waals surface area contributed by atoms with E-state index in [4.69, 9.17) is 0 Å². The number of likely N-dealkylation sites (N-methyl/N-ethyl adjacent to an activating group) is 1. The van der Waals surface area contributed by atoms with Crippen LogP contribution in [0, 0.1) is 0 Å². The largest absolute Gasteiger partial charge is 0.371 e. The van der Waals surface area contributed by atoms with Crippen LogP contribution in [0.25, 0.3) is 0 Å². The van der Waals surface area contributed by atoms with Crippen molar-refractivity contribution in [3.05, 3.63) is 22.2 Å². The predicted octanol–water partition coefficient (Wildman–Crippen LogP) is 3.68. The van der Waals surface area contributed by atoms with E-state index in [1.807, 2.05) is 6.92 Å². The first kappa shape index (κ1) is 16.3. The van der Waals surface area contributed by atoms with Crippen LogP contribution in [0.1, 0.15) is 45.2 Å². The second-order valence-electron chi connectivity index (χ2n) is 5.30. The maximum absolute atomic E-state index is 12.1. The topological polar surface area (TPSA) is 44.4 Å². The van der Waals surface area contributed by atoms with Crippen LogP contribution >= 0.6 is 15.9 Å².